The number of carboxylic acid groups (broad SMARTS) is 1. The highest BCUT2D eigenvalue weighted by molar-refractivity contribution is 5.89. The van der Waals surface area contributed by atoms with Gasteiger partial charge in [-0.3, -0.25) is 4.79 Å². The zero-order valence-electron chi connectivity index (χ0n) is 21.3. The molecule has 0 aromatic heterocycles. The molecular formula is C27H36N2O6. The number of carboxylic acids is 1. The van der Waals surface area contributed by atoms with E-state index in [9.17, 15) is 19.5 Å². The number of hydrogen-bond donors (Lipinski definition) is 2. The van der Waals surface area contributed by atoms with Gasteiger partial charge in [-0.2, -0.15) is 0 Å². The second-order valence-corrected chi connectivity index (χ2v) is 9.79. The third-order valence-electron chi connectivity index (χ3n) is 5.30. The number of carbonyl (C=O) groups is 3. The van der Waals surface area contributed by atoms with Gasteiger partial charge in [-0.15, -0.1) is 0 Å². The van der Waals surface area contributed by atoms with Gasteiger partial charge in [0.25, 0.3) is 0 Å². The van der Waals surface area contributed by atoms with Gasteiger partial charge in [0.15, 0.2) is 0 Å². The molecule has 0 saturated heterocycles. The Hall–Kier alpha value is -3.55. The number of hydrogen-bond acceptors (Lipinski definition) is 5. The molecule has 0 aliphatic rings. The lowest BCUT2D eigenvalue weighted by Crippen LogP contribution is -2.54. The standard InChI is InChI=1S/C27H36N2O6/c1-18(2)23(28-26(33)34-17-20-10-8-7-9-11-20)24(30)29(6)22(25(31)32)16-19-12-14-21(15-13-19)35-27(3,4)5/h7-15,18,22-23H,16-17H2,1-6H3,(H,28,33)(H,31,32)/t22-,23+/m1/s1. The number of rotatable bonds is 10. The molecule has 190 valence electrons. The Bertz CT molecular complexity index is 983. The van der Waals surface area contributed by atoms with E-state index in [0.717, 1.165) is 11.1 Å². The van der Waals surface area contributed by atoms with Crippen LogP contribution in [0.5, 0.6) is 5.75 Å². The van der Waals surface area contributed by atoms with Gasteiger partial charge in [-0.05, 0) is 49.9 Å². The molecule has 0 aliphatic heterocycles. The van der Waals surface area contributed by atoms with E-state index in [4.69, 9.17) is 9.47 Å². The van der Waals surface area contributed by atoms with E-state index in [1.54, 1.807) is 38.1 Å². The first-order chi connectivity index (χ1) is 16.4. The summed E-state index contributed by atoms with van der Waals surface area (Å²) in [4.78, 5) is 38.8. The van der Waals surface area contributed by atoms with Gasteiger partial charge in [0.05, 0.1) is 0 Å². The maximum atomic E-state index is 13.2. The lowest BCUT2D eigenvalue weighted by Gasteiger charge is -2.31. The zero-order valence-corrected chi connectivity index (χ0v) is 21.3. The molecule has 8 heteroatoms. The van der Waals surface area contributed by atoms with Crippen LogP contribution in [0.3, 0.4) is 0 Å². The third kappa shape index (κ3) is 8.96. The highest BCUT2D eigenvalue weighted by atomic mass is 16.5. The van der Waals surface area contributed by atoms with Gasteiger partial charge >= 0.3 is 12.1 Å². The Labute approximate surface area is 207 Å². The normalized spacial score (nSPS) is 13.0. The third-order valence-corrected chi connectivity index (χ3v) is 5.30. The highest BCUT2D eigenvalue weighted by Gasteiger charge is 2.34. The lowest BCUT2D eigenvalue weighted by atomic mass is 10.00. The number of nitrogens with one attached hydrogen (secondary N) is 1. The highest BCUT2D eigenvalue weighted by Crippen LogP contribution is 2.20. The van der Waals surface area contributed by atoms with E-state index < -0.39 is 30.1 Å². The van der Waals surface area contributed by atoms with Crippen LogP contribution in [0.15, 0.2) is 54.6 Å². The Morgan fingerprint density at radius 3 is 2.09 bits per heavy atom. The smallest absolute Gasteiger partial charge is 0.408 e. The molecule has 0 aliphatic carbocycles. The van der Waals surface area contributed by atoms with Crippen molar-refractivity contribution in [3.05, 3.63) is 65.7 Å². The van der Waals surface area contributed by atoms with Crippen molar-refractivity contribution < 1.29 is 29.0 Å². The monoisotopic (exact) mass is 484 g/mol. The largest absolute Gasteiger partial charge is 0.488 e. The minimum absolute atomic E-state index is 0.0637. The van der Waals surface area contributed by atoms with Crippen LogP contribution in [0.4, 0.5) is 4.79 Å². The minimum Gasteiger partial charge on any atom is -0.488 e. The van der Waals surface area contributed by atoms with Gasteiger partial charge in [0.1, 0.15) is 30.0 Å². The van der Waals surface area contributed by atoms with E-state index in [0.29, 0.717) is 5.75 Å². The van der Waals surface area contributed by atoms with Crippen molar-refractivity contribution in [3.63, 3.8) is 0 Å². The first-order valence-corrected chi connectivity index (χ1v) is 11.6. The average molecular weight is 485 g/mol. The average Bonchev–Trinajstić information content (AvgIpc) is 2.79. The van der Waals surface area contributed by atoms with Crippen LogP contribution in [-0.4, -0.2) is 52.7 Å². The summed E-state index contributed by atoms with van der Waals surface area (Å²) >= 11 is 0. The first-order valence-electron chi connectivity index (χ1n) is 11.6. The maximum absolute atomic E-state index is 13.2. The molecule has 2 atom stereocenters. The predicted molar refractivity (Wildman–Crippen MR) is 133 cm³/mol. The van der Waals surface area contributed by atoms with Crippen LogP contribution in [0.1, 0.15) is 45.7 Å². The van der Waals surface area contributed by atoms with Gasteiger partial charge in [-0.25, -0.2) is 9.59 Å². The summed E-state index contributed by atoms with van der Waals surface area (Å²) in [6, 6.07) is 14.3. The quantitative estimate of drug-likeness (QED) is 0.522. The summed E-state index contributed by atoms with van der Waals surface area (Å²) in [6.07, 6.45) is -0.632. The Kier molecular flexibility index (Phi) is 9.68. The Morgan fingerprint density at radius 1 is 0.971 bits per heavy atom. The van der Waals surface area contributed by atoms with Crippen LogP contribution in [0.25, 0.3) is 0 Å². The topological polar surface area (TPSA) is 105 Å². The second kappa shape index (κ2) is 12.2. The molecule has 2 N–H and O–H groups in total. The van der Waals surface area contributed by atoms with Gasteiger partial charge in [-0.1, -0.05) is 56.3 Å². The fraction of sp³-hybridized carbons (Fsp3) is 0.444. The van der Waals surface area contributed by atoms with Crippen LogP contribution >= 0.6 is 0 Å². The number of likely N-dealkylation sites (N-methyl/N-ethyl adjacent to an activating group) is 1. The predicted octanol–water partition coefficient (Wildman–Crippen LogP) is 4.27. The van der Waals surface area contributed by atoms with Crippen molar-refractivity contribution >= 4 is 18.0 Å². The molecule has 0 unspecified atom stereocenters. The summed E-state index contributed by atoms with van der Waals surface area (Å²) < 4.78 is 11.0. The van der Waals surface area contributed by atoms with Crippen LogP contribution in [0, 0.1) is 5.92 Å². The fourth-order valence-corrected chi connectivity index (χ4v) is 3.44. The van der Waals surface area contributed by atoms with Gasteiger partial charge in [0, 0.05) is 13.5 Å². The molecule has 2 aromatic carbocycles. The molecule has 2 rings (SSSR count). The fourth-order valence-electron chi connectivity index (χ4n) is 3.44. The van der Waals surface area contributed by atoms with Crippen LogP contribution in [0.2, 0.25) is 0 Å². The number of aliphatic carboxylic acids is 1. The number of ether oxygens (including phenoxy) is 2. The SMILES string of the molecule is CC(C)[C@H](NC(=O)OCc1ccccc1)C(=O)N(C)[C@H](Cc1ccc(OC(C)(C)C)cc1)C(=O)O. The van der Waals surface area contributed by atoms with E-state index in [1.165, 1.54) is 11.9 Å². The van der Waals surface area contributed by atoms with E-state index >= 15 is 0 Å². The molecule has 8 nitrogen and oxygen atoms in total. The first kappa shape index (κ1) is 27.7. The van der Waals surface area contributed by atoms with Crippen molar-refractivity contribution in [1.29, 1.82) is 0 Å². The van der Waals surface area contributed by atoms with Crippen molar-refractivity contribution in [2.75, 3.05) is 7.05 Å². The summed E-state index contributed by atoms with van der Waals surface area (Å²) in [6.45, 7) is 9.44. The summed E-state index contributed by atoms with van der Waals surface area (Å²) in [5.74, 6) is -1.24. The van der Waals surface area contributed by atoms with E-state index in [1.807, 2.05) is 51.1 Å². The number of nitrogens with zero attached hydrogens (tertiary/aromatic N) is 1. The van der Waals surface area contributed by atoms with Gasteiger partial charge in [0.2, 0.25) is 5.91 Å². The molecule has 0 spiro atoms. The Morgan fingerprint density at radius 2 is 1.57 bits per heavy atom. The molecule has 0 bridgehead atoms. The molecular weight excluding hydrogens is 448 g/mol. The molecule has 2 aromatic rings. The van der Waals surface area contributed by atoms with E-state index in [-0.39, 0.29) is 24.5 Å². The molecule has 2 amide bonds. The summed E-state index contributed by atoms with van der Waals surface area (Å²) in [5, 5.41) is 12.4. The number of benzene rings is 2. The summed E-state index contributed by atoms with van der Waals surface area (Å²) in [5.41, 5.74) is 1.21. The second-order valence-electron chi connectivity index (χ2n) is 9.79. The molecule has 0 heterocycles. The van der Waals surface area contributed by atoms with Crippen molar-refractivity contribution in [1.82, 2.24) is 10.2 Å². The van der Waals surface area contributed by atoms with Crippen molar-refractivity contribution in [3.8, 4) is 5.75 Å². The maximum Gasteiger partial charge on any atom is 0.408 e. The lowest BCUT2D eigenvalue weighted by molar-refractivity contribution is -0.150. The number of amides is 2. The molecule has 0 saturated carbocycles. The molecule has 35 heavy (non-hydrogen) atoms. The van der Waals surface area contributed by atoms with Crippen molar-refractivity contribution in [2.45, 2.75) is 65.3 Å². The zero-order chi connectivity index (χ0) is 26.2. The minimum atomic E-state index is -1.13. The van der Waals surface area contributed by atoms with Crippen molar-refractivity contribution in [2.24, 2.45) is 5.92 Å². The Balaban J connectivity index is 2.06. The number of carbonyl (C=O) groups excluding carboxylic acids is 2. The van der Waals surface area contributed by atoms with E-state index in [2.05, 4.69) is 5.32 Å². The van der Waals surface area contributed by atoms with Crippen LogP contribution in [-0.2, 0) is 27.4 Å². The van der Waals surface area contributed by atoms with Crippen LogP contribution < -0.4 is 10.1 Å². The number of alkyl carbamates (subject to hydrolysis) is 1. The van der Waals surface area contributed by atoms with Gasteiger partial charge < -0.3 is 24.8 Å². The molecule has 0 fully saturated rings. The molecule has 0 radical (unpaired) electrons. The summed E-state index contributed by atoms with van der Waals surface area (Å²) in [7, 11) is 1.44.